The number of fused-ring (bicyclic) bond motifs is 1. The van der Waals surface area contributed by atoms with E-state index in [1.807, 2.05) is 31.2 Å². The first kappa shape index (κ1) is 25.0. The Kier molecular flexibility index (Phi) is 8.98. The predicted molar refractivity (Wildman–Crippen MR) is 135 cm³/mol. The number of nitrogens with two attached hydrogens (primary N) is 1. The maximum Gasteiger partial charge on any atom is 0.189 e. The van der Waals surface area contributed by atoms with Crippen LogP contribution >= 0.6 is 35.6 Å². The molecule has 0 amide bonds. The SMILES string of the molecule is CC1CN(C(CN=C(N)NC2CCOc3ccccc32)c2c(F)cccc2Cl)CCO1.I. The van der Waals surface area contributed by atoms with Crippen molar-refractivity contribution < 1.29 is 13.9 Å². The Morgan fingerprint density at radius 1 is 1.28 bits per heavy atom. The number of ether oxygens (including phenoxy) is 2. The first-order valence-electron chi connectivity index (χ1n) is 10.6. The third kappa shape index (κ3) is 5.84. The highest BCUT2D eigenvalue weighted by Gasteiger charge is 2.29. The van der Waals surface area contributed by atoms with Crippen LogP contribution in [0.1, 0.15) is 36.6 Å². The number of halogens is 3. The van der Waals surface area contributed by atoms with Crippen molar-refractivity contribution in [1.29, 1.82) is 0 Å². The quantitative estimate of drug-likeness (QED) is 0.317. The van der Waals surface area contributed by atoms with Crippen molar-refractivity contribution in [2.24, 2.45) is 10.7 Å². The highest BCUT2D eigenvalue weighted by Crippen LogP contribution is 2.33. The second-order valence-corrected chi connectivity index (χ2v) is 8.33. The smallest absolute Gasteiger partial charge is 0.189 e. The van der Waals surface area contributed by atoms with E-state index in [0.29, 0.717) is 42.8 Å². The molecule has 0 bridgehead atoms. The molecule has 1 fully saturated rings. The topological polar surface area (TPSA) is 72.1 Å². The molecule has 0 aromatic heterocycles. The van der Waals surface area contributed by atoms with E-state index in [9.17, 15) is 4.39 Å². The molecule has 4 rings (SSSR count). The van der Waals surface area contributed by atoms with Gasteiger partial charge >= 0.3 is 0 Å². The van der Waals surface area contributed by atoms with Crippen molar-refractivity contribution in [2.45, 2.75) is 31.5 Å². The lowest BCUT2D eigenvalue weighted by Gasteiger charge is -2.37. The fraction of sp³-hybridized carbons (Fsp3) is 0.435. The summed E-state index contributed by atoms with van der Waals surface area (Å²) in [6.07, 6.45) is 0.844. The molecule has 2 aromatic rings. The molecule has 2 aliphatic rings. The maximum atomic E-state index is 14.8. The fourth-order valence-electron chi connectivity index (χ4n) is 4.25. The zero-order chi connectivity index (χ0) is 21.8. The van der Waals surface area contributed by atoms with Gasteiger partial charge in [-0.1, -0.05) is 35.9 Å². The Balaban J connectivity index is 0.00000289. The second kappa shape index (κ2) is 11.5. The highest BCUT2D eigenvalue weighted by atomic mass is 127. The van der Waals surface area contributed by atoms with Crippen LogP contribution in [0.5, 0.6) is 5.75 Å². The summed E-state index contributed by atoms with van der Waals surface area (Å²) in [6.45, 7) is 4.84. The molecular formula is C23H29ClFIN4O2. The van der Waals surface area contributed by atoms with Gasteiger partial charge in [0, 0.05) is 35.7 Å². The van der Waals surface area contributed by atoms with Gasteiger partial charge in [0.05, 0.1) is 37.9 Å². The number of rotatable bonds is 5. The first-order chi connectivity index (χ1) is 15.0. The van der Waals surface area contributed by atoms with Crippen LogP contribution < -0.4 is 15.8 Å². The minimum Gasteiger partial charge on any atom is -0.493 e. The van der Waals surface area contributed by atoms with Gasteiger partial charge in [-0.15, -0.1) is 24.0 Å². The Morgan fingerprint density at radius 3 is 2.88 bits per heavy atom. The lowest BCUT2D eigenvalue weighted by atomic mass is 10.0. The summed E-state index contributed by atoms with van der Waals surface area (Å²) in [5.74, 6) is 0.842. The average Bonchev–Trinajstić information content (AvgIpc) is 2.76. The second-order valence-electron chi connectivity index (χ2n) is 7.93. The van der Waals surface area contributed by atoms with Gasteiger partial charge in [0.1, 0.15) is 11.6 Å². The predicted octanol–water partition coefficient (Wildman–Crippen LogP) is 4.29. The molecule has 32 heavy (non-hydrogen) atoms. The summed E-state index contributed by atoms with van der Waals surface area (Å²) in [4.78, 5) is 6.75. The average molecular weight is 575 g/mol. The van der Waals surface area contributed by atoms with Gasteiger partial charge in [0.2, 0.25) is 0 Å². The van der Waals surface area contributed by atoms with Crippen LogP contribution in [0.25, 0.3) is 0 Å². The fourth-order valence-corrected chi connectivity index (χ4v) is 4.54. The molecule has 3 atom stereocenters. The number of nitrogens with zero attached hydrogens (tertiary/aromatic N) is 2. The molecule has 2 aliphatic heterocycles. The number of morpholine rings is 1. The van der Waals surface area contributed by atoms with Crippen molar-refractivity contribution in [3.63, 3.8) is 0 Å². The zero-order valence-electron chi connectivity index (χ0n) is 18.0. The van der Waals surface area contributed by atoms with Crippen molar-refractivity contribution >= 4 is 41.5 Å². The van der Waals surface area contributed by atoms with E-state index in [1.54, 1.807) is 12.1 Å². The zero-order valence-corrected chi connectivity index (χ0v) is 21.1. The summed E-state index contributed by atoms with van der Waals surface area (Å²) in [7, 11) is 0. The Hall–Kier alpha value is -1.62. The van der Waals surface area contributed by atoms with Gasteiger partial charge in [-0.05, 0) is 25.1 Å². The number of aliphatic imine (C=N–C) groups is 1. The molecule has 6 nitrogen and oxygen atoms in total. The van der Waals surface area contributed by atoms with Crippen LogP contribution in [-0.4, -0.2) is 49.8 Å². The lowest BCUT2D eigenvalue weighted by molar-refractivity contribution is -0.0336. The third-order valence-corrected chi connectivity index (χ3v) is 6.09. The minimum atomic E-state index is -0.336. The summed E-state index contributed by atoms with van der Waals surface area (Å²) in [5, 5.41) is 3.69. The first-order valence-corrected chi connectivity index (χ1v) is 11.0. The Morgan fingerprint density at radius 2 is 2.09 bits per heavy atom. The number of guanidine groups is 1. The number of nitrogens with one attached hydrogen (secondary N) is 1. The van der Waals surface area contributed by atoms with Gasteiger partial charge in [0.25, 0.3) is 0 Å². The van der Waals surface area contributed by atoms with E-state index in [2.05, 4.69) is 15.2 Å². The van der Waals surface area contributed by atoms with Gasteiger partial charge in [-0.2, -0.15) is 0 Å². The molecule has 3 unspecified atom stereocenters. The van der Waals surface area contributed by atoms with E-state index in [0.717, 1.165) is 17.7 Å². The standard InChI is InChI=1S/C23H28ClFN4O2.HI/c1-15-14-29(10-12-30-15)20(22-17(24)6-4-7-18(22)25)13-27-23(26)28-19-9-11-31-21-8-3-2-5-16(19)21;/h2-8,15,19-20H,9-14H2,1H3,(H3,26,27,28);1H. The molecular weight excluding hydrogens is 546 g/mol. The lowest BCUT2D eigenvalue weighted by Crippen LogP contribution is -2.45. The van der Waals surface area contributed by atoms with E-state index in [4.69, 9.17) is 26.8 Å². The monoisotopic (exact) mass is 574 g/mol. The van der Waals surface area contributed by atoms with Crippen LogP contribution in [0, 0.1) is 5.82 Å². The molecule has 1 saturated heterocycles. The van der Waals surface area contributed by atoms with Crippen LogP contribution in [0.3, 0.4) is 0 Å². The molecule has 3 N–H and O–H groups in total. The number of hydrogen-bond acceptors (Lipinski definition) is 4. The van der Waals surface area contributed by atoms with Crippen LogP contribution in [0.15, 0.2) is 47.5 Å². The van der Waals surface area contributed by atoms with Crippen LogP contribution in [0.2, 0.25) is 5.02 Å². The van der Waals surface area contributed by atoms with Gasteiger partial charge in [-0.25, -0.2) is 4.39 Å². The van der Waals surface area contributed by atoms with Gasteiger partial charge in [-0.3, -0.25) is 9.89 Å². The molecule has 9 heteroatoms. The van der Waals surface area contributed by atoms with E-state index in [1.165, 1.54) is 6.07 Å². The van der Waals surface area contributed by atoms with Crippen molar-refractivity contribution in [3.05, 3.63) is 64.4 Å². The van der Waals surface area contributed by atoms with E-state index >= 15 is 0 Å². The third-order valence-electron chi connectivity index (χ3n) is 5.76. The number of hydrogen-bond donors (Lipinski definition) is 2. The largest absolute Gasteiger partial charge is 0.493 e. The molecule has 2 aromatic carbocycles. The van der Waals surface area contributed by atoms with E-state index in [-0.39, 0.29) is 54.5 Å². The number of para-hydroxylation sites is 1. The van der Waals surface area contributed by atoms with Gasteiger partial charge in [0.15, 0.2) is 5.96 Å². The maximum absolute atomic E-state index is 14.8. The normalized spacial score (nSPS) is 22.3. The summed E-state index contributed by atoms with van der Waals surface area (Å²) >= 11 is 6.40. The molecule has 0 radical (unpaired) electrons. The number of benzene rings is 2. The van der Waals surface area contributed by atoms with Gasteiger partial charge < -0.3 is 20.5 Å². The van der Waals surface area contributed by atoms with Crippen molar-refractivity contribution in [1.82, 2.24) is 10.2 Å². The van der Waals surface area contributed by atoms with Crippen molar-refractivity contribution in [2.75, 3.05) is 32.8 Å². The van der Waals surface area contributed by atoms with Crippen LogP contribution in [-0.2, 0) is 4.74 Å². The molecule has 0 aliphatic carbocycles. The molecule has 0 saturated carbocycles. The molecule has 0 spiro atoms. The minimum absolute atomic E-state index is 0. The molecule has 174 valence electrons. The van der Waals surface area contributed by atoms with E-state index < -0.39 is 0 Å². The Labute approximate surface area is 210 Å². The summed E-state index contributed by atoms with van der Waals surface area (Å²) < 4.78 is 26.1. The highest BCUT2D eigenvalue weighted by molar-refractivity contribution is 14.0. The molecule has 2 heterocycles. The summed E-state index contributed by atoms with van der Waals surface area (Å²) in [5.41, 5.74) is 7.76. The summed E-state index contributed by atoms with van der Waals surface area (Å²) in [6, 6.07) is 12.3. The van der Waals surface area contributed by atoms with Crippen LogP contribution in [0.4, 0.5) is 4.39 Å². The Bertz CT molecular complexity index is 928. The van der Waals surface area contributed by atoms with Crippen molar-refractivity contribution in [3.8, 4) is 5.75 Å².